The quantitative estimate of drug-likeness (QED) is 0.794. The van der Waals surface area contributed by atoms with Crippen molar-refractivity contribution in [1.82, 2.24) is 0 Å². The van der Waals surface area contributed by atoms with Crippen LogP contribution in [0.25, 0.3) is 0 Å². The maximum atomic E-state index is 10.8. The van der Waals surface area contributed by atoms with Gasteiger partial charge in [-0.25, -0.2) is 0 Å². The molecule has 2 rings (SSSR count). The third kappa shape index (κ3) is 4.40. The predicted octanol–water partition coefficient (Wildman–Crippen LogP) is 1.17. The number of carbonyl (C=O) groups is 1. The van der Waals surface area contributed by atoms with Gasteiger partial charge in [0.2, 0.25) is 0 Å². The van der Waals surface area contributed by atoms with Gasteiger partial charge in [-0.15, -0.1) is 0 Å². The van der Waals surface area contributed by atoms with Crippen molar-refractivity contribution in [2.45, 2.75) is 13.1 Å². The Kier molecular flexibility index (Phi) is 5.20. The zero-order chi connectivity index (χ0) is 14.4. The van der Waals surface area contributed by atoms with Crippen molar-refractivity contribution in [3.8, 4) is 5.75 Å². The van der Waals surface area contributed by atoms with Crippen LogP contribution in [0.3, 0.4) is 0 Å². The summed E-state index contributed by atoms with van der Waals surface area (Å²) in [6.45, 7) is 1.34. The van der Waals surface area contributed by atoms with Crippen molar-refractivity contribution in [2.75, 3.05) is 6.61 Å². The van der Waals surface area contributed by atoms with E-state index in [9.17, 15) is 4.79 Å². The number of primary amides is 1. The van der Waals surface area contributed by atoms with Gasteiger partial charge in [0, 0.05) is 10.0 Å². The number of carbonyl (C=O) groups excluding carboxylic acids is 1. The van der Waals surface area contributed by atoms with Gasteiger partial charge in [0.1, 0.15) is 18.8 Å². The standard InChI is InChI=1S/C14H15BrN2O3/c15-11-3-4-13(20-9-14(16)18)10(6-11)7-17-8-12-2-1-5-19-12/h1-6,17H,7-9H2,(H2,16,18)/p+1. The van der Waals surface area contributed by atoms with Gasteiger partial charge >= 0.3 is 0 Å². The summed E-state index contributed by atoms with van der Waals surface area (Å²) in [5.41, 5.74) is 6.08. The number of nitrogens with two attached hydrogens (primary N) is 2. The van der Waals surface area contributed by atoms with E-state index in [4.69, 9.17) is 14.9 Å². The average Bonchev–Trinajstić information content (AvgIpc) is 2.91. The molecule has 0 radical (unpaired) electrons. The van der Waals surface area contributed by atoms with Gasteiger partial charge in [-0.05, 0) is 30.3 Å². The Morgan fingerprint density at radius 1 is 1.35 bits per heavy atom. The lowest BCUT2D eigenvalue weighted by atomic mass is 10.2. The summed E-state index contributed by atoms with van der Waals surface area (Å²) in [4.78, 5) is 10.8. The molecule has 1 aromatic carbocycles. The zero-order valence-electron chi connectivity index (χ0n) is 10.8. The van der Waals surface area contributed by atoms with E-state index in [1.807, 2.05) is 30.3 Å². The van der Waals surface area contributed by atoms with Gasteiger partial charge in [-0.3, -0.25) is 4.79 Å². The Hall–Kier alpha value is -1.79. The van der Waals surface area contributed by atoms with Crippen LogP contribution in [0.5, 0.6) is 5.75 Å². The summed E-state index contributed by atoms with van der Waals surface area (Å²) < 4.78 is 11.6. The van der Waals surface area contributed by atoms with Gasteiger partial charge in [0.15, 0.2) is 12.4 Å². The number of amides is 1. The number of hydrogen-bond acceptors (Lipinski definition) is 3. The van der Waals surface area contributed by atoms with Gasteiger partial charge < -0.3 is 20.2 Å². The lowest BCUT2D eigenvalue weighted by Gasteiger charge is -2.10. The molecule has 1 heterocycles. The van der Waals surface area contributed by atoms with Crippen molar-refractivity contribution < 1.29 is 19.3 Å². The minimum absolute atomic E-state index is 0.118. The van der Waals surface area contributed by atoms with E-state index in [1.165, 1.54) is 0 Å². The van der Waals surface area contributed by atoms with Crippen LogP contribution in [0, 0.1) is 0 Å². The highest BCUT2D eigenvalue weighted by molar-refractivity contribution is 9.10. The third-order valence-corrected chi connectivity index (χ3v) is 3.18. The highest BCUT2D eigenvalue weighted by Crippen LogP contribution is 2.22. The molecule has 1 amide bonds. The second-order valence-electron chi connectivity index (χ2n) is 4.28. The molecule has 0 aliphatic rings. The summed E-state index contributed by atoms with van der Waals surface area (Å²) in [6, 6.07) is 9.45. The van der Waals surface area contributed by atoms with Gasteiger partial charge in [0.25, 0.3) is 5.91 Å². The Labute approximate surface area is 125 Å². The van der Waals surface area contributed by atoms with E-state index in [-0.39, 0.29) is 6.61 Å². The maximum Gasteiger partial charge on any atom is 0.255 e. The molecule has 0 fully saturated rings. The predicted molar refractivity (Wildman–Crippen MR) is 76.9 cm³/mol. The molecular formula is C14H16BrN2O3+. The van der Waals surface area contributed by atoms with Crippen molar-refractivity contribution in [3.63, 3.8) is 0 Å². The number of benzene rings is 1. The van der Waals surface area contributed by atoms with Crippen molar-refractivity contribution in [2.24, 2.45) is 5.73 Å². The Balaban J connectivity index is 1.97. The second kappa shape index (κ2) is 7.12. The summed E-state index contributed by atoms with van der Waals surface area (Å²) >= 11 is 3.43. The number of furan rings is 1. The molecule has 0 aliphatic carbocycles. The number of rotatable bonds is 7. The van der Waals surface area contributed by atoms with E-state index in [0.717, 1.165) is 22.3 Å². The Morgan fingerprint density at radius 2 is 2.20 bits per heavy atom. The largest absolute Gasteiger partial charge is 0.483 e. The minimum Gasteiger partial charge on any atom is -0.483 e. The van der Waals surface area contributed by atoms with Crippen LogP contribution in [-0.4, -0.2) is 12.5 Å². The molecule has 20 heavy (non-hydrogen) atoms. The molecule has 1 aromatic heterocycles. The monoisotopic (exact) mass is 339 g/mol. The van der Waals surface area contributed by atoms with Crippen LogP contribution in [0.1, 0.15) is 11.3 Å². The van der Waals surface area contributed by atoms with Crippen LogP contribution in [0.15, 0.2) is 45.5 Å². The molecule has 0 bridgehead atoms. The average molecular weight is 340 g/mol. The van der Waals surface area contributed by atoms with Crippen LogP contribution < -0.4 is 15.8 Å². The molecule has 0 spiro atoms. The number of hydrogen-bond donors (Lipinski definition) is 2. The van der Waals surface area contributed by atoms with Crippen molar-refractivity contribution in [1.29, 1.82) is 0 Å². The first-order valence-corrected chi connectivity index (χ1v) is 6.98. The van der Waals surface area contributed by atoms with E-state index >= 15 is 0 Å². The van der Waals surface area contributed by atoms with E-state index in [1.54, 1.807) is 6.26 Å². The number of ether oxygens (including phenoxy) is 1. The Morgan fingerprint density at radius 3 is 2.90 bits per heavy atom. The molecule has 0 aliphatic heterocycles. The highest BCUT2D eigenvalue weighted by Gasteiger charge is 2.08. The summed E-state index contributed by atoms with van der Waals surface area (Å²) in [5, 5.41) is 2.09. The first-order valence-electron chi connectivity index (χ1n) is 6.18. The molecular weight excluding hydrogens is 324 g/mol. The van der Waals surface area contributed by atoms with Crippen molar-refractivity contribution >= 4 is 21.8 Å². The fourth-order valence-corrected chi connectivity index (χ4v) is 2.20. The van der Waals surface area contributed by atoms with E-state index < -0.39 is 5.91 Å². The molecule has 2 aromatic rings. The molecule has 6 heteroatoms. The summed E-state index contributed by atoms with van der Waals surface area (Å²) in [5.74, 6) is 1.10. The lowest BCUT2D eigenvalue weighted by Crippen LogP contribution is -2.80. The normalized spacial score (nSPS) is 10.4. The van der Waals surface area contributed by atoms with E-state index in [2.05, 4.69) is 21.2 Å². The van der Waals surface area contributed by atoms with Crippen LogP contribution in [-0.2, 0) is 17.9 Å². The third-order valence-electron chi connectivity index (χ3n) is 2.68. The molecule has 0 saturated heterocycles. The molecule has 0 saturated carbocycles. The molecule has 0 unspecified atom stereocenters. The maximum absolute atomic E-state index is 10.8. The first kappa shape index (κ1) is 14.6. The Bertz CT molecular complexity index is 570. The molecule has 0 atom stereocenters. The molecule has 106 valence electrons. The first-order chi connectivity index (χ1) is 9.65. The molecule has 5 nitrogen and oxygen atoms in total. The van der Waals surface area contributed by atoms with Gasteiger partial charge in [0.05, 0.1) is 6.26 Å². The summed E-state index contributed by atoms with van der Waals surface area (Å²) in [6.07, 6.45) is 1.66. The van der Waals surface area contributed by atoms with Gasteiger partial charge in [-0.1, -0.05) is 15.9 Å². The SMILES string of the molecule is NC(=O)COc1ccc(Br)cc1C[NH2+]Cc1ccco1. The lowest BCUT2D eigenvalue weighted by molar-refractivity contribution is -0.688. The van der Waals surface area contributed by atoms with Crippen LogP contribution in [0.4, 0.5) is 0 Å². The molecule has 4 N–H and O–H groups in total. The van der Waals surface area contributed by atoms with Crippen LogP contribution in [0.2, 0.25) is 0 Å². The van der Waals surface area contributed by atoms with Crippen molar-refractivity contribution in [3.05, 3.63) is 52.4 Å². The summed E-state index contributed by atoms with van der Waals surface area (Å²) in [7, 11) is 0. The zero-order valence-corrected chi connectivity index (χ0v) is 12.4. The van der Waals surface area contributed by atoms with Gasteiger partial charge in [-0.2, -0.15) is 0 Å². The smallest absolute Gasteiger partial charge is 0.255 e. The minimum atomic E-state index is -0.488. The fraction of sp³-hybridized carbons (Fsp3) is 0.214. The number of quaternary nitrogens is 1. The fourth-order valence-electron chi connectivity index (χ4n) is 1.80. The second-order valence-corrected chi connectivity index (χ2v) is 5.20. The highest BCUT2D eigenvalue weighted by atomic mass is 79.9. The van der Waals surface area contributed by atoms with Crippen LogP contribution >= 0.6 is 15.9 Å². The number of halogens is 1. The topological polar surface area (TPSA) is 82.1 Å². The van der Waals surface area contributed by atoms with E-state index in [0.29, 0.717) is 12.3 Å².